The van der Waals surface area contributed by atoms with E-state index in [0.29, 0.717) is 33.0 Å². The van der Waals surface area contributed by atoms with Crippen molar-refractivity contribution in [3.8, 4) is 0 Å². The molecule has 0 amide bonds. The Morgan fingerprint density at radius 2 is 1.19 bits per heavy atom. The highest BCUT2D eigenvalue weighted by Crippen LogP contribution is 2.04. The van der Waals surface area contributed by atoms with Crippen molar-refractivity contribution in [2.24, 2.45) is 0 Å². The fourth-order valence-corrected chi connectivity index (χ4v) is 1.33. The molecule has 0 radical (unpaired) electrons. The van der Waals surface area contributed by atoms with Crippen LogP contribution in [-0.4, -0.2) is 67.1 Å². The van der Waals surface area contributed by atoms with Crippen LogP contribution in [0.5, 0.6) is 0 Å². The first kappa shape index (κ1) is 32.7. The summed E-state index contributed by atoms with van der Waals surface area (Å²) in [5.41, 5.74) is 0. The van der Waals surface area contributed by atoms with Gasteiger partial charge < -0.3 is 23.7 Å². The van der Waals surface area contributed by atoms with E-state index in [1.54, 1.807) is 21.3 Å². The summed E-state index contributed by atoms with van der Waals surface area (Å²) < 4.78 is 26.0. The van der Waals surface area contributed by atoms with E-state index in [0.717, 1.165) is 19.4 Å². The number of ether oxygens (including phenoxy) is 5. The number of rotatable bonds is 13. The van der Waals surface area contributed by atoms with Gasteiger partial charge in [-0.05, 0) is 12.8 Å². The molecule has 0 aliphatic carbocycles. The average molecular weight is 315 g/mol. The van der Waals surface area contributed by atoms with Crippen molar-refractivity contribution in [1.29, 1.82) is 0 Å². The molecule has 136 valence electrons. The van der Waals surface area contributed by atoms with Crippen LogP contribution in [0.1, 0.15) is 42.5 Å². The lowest BCUT2D eigenvalue weighted by molar-refractivity contribution is -0.0455. The molecule has 0 saturated heterocycles. The van der Waals surface area contributed by atoms with Crippen molar-refractivity contribution in [3.05, 3.63) is 0 Å². The lowest BCUT2D eigenvalue weighted by Gasteiger charge is -2.17. The van der Waals surface area contributed by atoms with Gasteiger partial charge in [-0.1, -0.05) is 29.7 Å². The summed E-state index contributed by atoms with van der Waals surface area (Å²) in [6.07, 6.45) is 2.02. The van der Waals surface area contributed by atoms with Gasteiger partial charge in [-0.3, -0.25) is 0 Å². The van der Waals surface area contributed by atoms with Crippen LogP contribution in [0.2, 0.25) is 0 Å². The molecule has 5 nitrogen and oxygen atoms in total. The summed E-state index contributed by atoms with van der Waals surface area (Å²) in [4.78, 5) is 0. The third-order valence-corrected chi connectivity index (χ3v) is 2.25. The predicted octanol–water partition coefficient (Wildman–Crippen LogP) is 3.65. The minimum Gasteiger partial charge on any atom is -0.385 e. The zero-order valence-corrected chi connectivity index (χ0v) is 11.3. The van der Waals surface area contributed by atoms with Crippen molar-refractivity contribution in [3.63, 3.8) is 0 Å². The normalized spacial score (nSPS) is 10.4. The Morgan fingerprint density at radius 1 is 0.667 bits per heavy atom. The van der Waals surface area contributed by atoms with Crippen LogP contribution in [-0.2, 0) is 23.7 Å². The quantitative estimate of drug-likeness (QED) is 0.486. The van der Waals surface area contributed by atoms with E-state index >= 15 is 0 Å². The standard InChI is InChI=1S/C12H26O5.4CH4/c1-13-6-4-5-12(17-10-8-15-3)11-16-9-7-14-2;;;;/h12H,4-11H2,1-3H3;4*1H4. The molecular formula is C16H42O5. The highest BCUT2D eigenvalue weighted by Gasteiger charge is 2.09. The highest BCUT2D eigenvalue weighted by atomic mass is 16.6. The Hall–Kier alpha value is -0.200. The zero-order valence-electron chi connectivity index (χ0n) is 11.3. The monoisotopic (exact) mass is 314 g/mol. The number of methoxy groups -OCH3 is 3. The molecule has 0 aromatic heterocycles. The molecule has 0 aromatic carbocycles. The highest BCUT2D eigenvalue weighted by molar-refractivity contribution is 4.57. The van der Waals surface area contributed by atoms with E-state index in [1.165, 1.54) is 0 Å². The van der Waals surface area contributed by atoms with Crippen LogP contribution in [0.4, 0.5) is 0 Å². The van der Waals surface area contributed by atoms with E-state index in [4.69, 9.17) is 23.7 Å². The smallest absolute Gasteiger partial charge is 0.0810 e. The Bertz CT molecular complexity index is 135. The van der Waals surface area contributed by atoms with Gasteiger partial charge in [0.25, 0.3) is 0 Å². The molecule has 0 spiro atoms. The van der Waals surface area contributed by atoms with Gasteiger partial charge >= 0.3 is 0 Å². The van der Waals surface area contributed by atoms with Crippen molar-refractivity contribution in [2.45, 2.75) is 48.7 Å². The fraction of sp³-hybridized carbons (Fsp3) is 1.00. The zero-order chi connectivity index (χ0) is 12.8. The van der Waals surface area contributed by atoms with Crippen LogP contribution in [0, 0.1) is 0 Å². The third-order valence-electron chi connectivity index (χ3n) is 2.25. The lowest BCUT2D eigenvalue weighted by atomic mass is 10.2. The van der Waals surface area contributed by atoms with Gasteiger partial charge in [0, 0.05) is 27.9 Å². The summed E-state index contributed by atoms with van der Waals surface area (Å²) in [7, 11) is 5.03. The number of hydrogen-bond donors (Lipinski definition) is 0. The molecule has 1 unspecified atom stereocenters. The van der Waals surface area contributed by atoms with Crippen LogP contribution < -0.4 is 0 Å². The average Bonchev–Trinajstić information content (AvgIpc) is 2.34. The van der Waals surface area contributed by atoms with Gasteiger partial charge in [-0.25, -0.2) is 0 Å². The lowest BCUT2D eigenvalue weighted by Crippen LogP contribution is -2.23. The molecule has 0 aromatic rings. The van der Waals surface area contributed by atoms with Gasteiger partial charge in [0.05, 0.1) is 39.1 Å². The van der Waals surface area contributed by atoms with Gasteiger partial charge in [0.1, 0.15) is 0 Å². The van der Waals surface area contributed by atoms with E-state index in [1.807, 2.05) is 0 Å². The predicted molar refractivity (Wildman–Crippen MR) is 92.3 cm³/mol. The topological polar surface area (TPSA) is 46.2 Å². The minimum absolute atomic E-state index is 0. The second-order valence-corrected chi connectivity index (χ2v) is 3.69. The van der Waals surface area contributed by atoms with Gasteiger partial charge in [-0.2, -0.15) is 0 Å². The Morgan fingerprint density at radius 3 is 1.71 bits per heavy atom. The SMILES string of the molecule is C.C.C.C.COCCCC(COCCOC)OCCOC. The van der Waals surface area contributed by atoms with Crippen LogP contribution in [0.15, 0.2) is 0 Å². The van der Waals surface area contributed by atoms with Crippen LogP contribution in [0.25, 0.3) is 0 Å². The molecule has 0 aliphatic heterocycles. The van der Waals surface area contributed by atoms with E-state index in [-0.39, 0.29) is 35.8 Å². The molecular weight excluding hydrogens is 272 g/mol. The van der Waals surface area contributed by atoms with Crippen molar-refractivity contribution >= 4 is 0 Å². The van der Waals surface area contributed by atoms with Crippen LogP contribution in [0.3, 0.4) is 0 Å². The molecule has 1 atom stereocenters. The molecule has 0 saturated carbocycles. The summed E-state index contributed by atoms with van der Waals surface area (Å²) in [5.74, 6) is 0. The summed E-state index contributed by atoms with van der Waals surface area (Å²) in [5, 5.41) is 0. The second-order valence-electron chi connectivity index (χ2n) is 3.69. The molecule has 0 N–H and O–H groups in total. The van der Waals surface area contributed by atoms with Gasteiger partial charge in [-0.15, -0.1) is 0 Å². The molecule has 0 aliphatic rings. The summed E-state index contributed by atoms with van der Waals surface area (Å²) >= 11 is 0. The Kier molecular flexibility index (Phi) is 43.6. The van der Waals surface area contributed by atoms with Gasteiger partial charge in [0.15, 0.2) is 0 Å². The van der Waals surface area contributed by atoms with E-state index in [9.17, 15) is 0 Å². The minimum atomic E-state index is 0. The number of hydrogen-bond acceptors (Lipinski definition) is 5. The maximum absolute atomic E-state index is 5.66. The van der Waals surface area contributed by atoms with E-state index < -0.39 is 0 Å². The summed E-state index contributed by atoms with van der Waals surface area (Å²) in [6, 6.07) is 0. The first-order valence-electron chi connectivity index (χ1n) is 6.01. The molecule has 0 rings (SSSR count). The van der Waals surface area contributed by atoms with Crippen molar-refractivity contribution in [1.82, 2.24) is 0 Å². The Labute approximate surface area is 134 Å². The first-order valence-corrected chi connectivity index (χ1v) is 6.01. The summed E-state index contributed by atoms with van der Waals surface area (Å²) in [6.45, 7) is 3.77. The molecule has 0 heterocycles. The van der Waals surface area contributed by atoms with Crippen molar-refractivity contribution < 1.29 is 23.7 Å². The molecule has 21 heavy (non-hydrogen) atoms. The van der Waals surface area contributed by atoms with Crippen molar-refractivity contribution in [2.75, 3.05) is 61.0 Å². The molecule has 0 bridgehead atoms. The molecule has 5 heteroatoms. The van der Waals surface area contributed by atoms with Gasteiger partial charge in [0.2, 0.25) is 0 Å². The molecule has 0 fully saturated rings. The van der Waals surface area contributed by atoms with E-state index in [2.05, 4.69) is 0 Å². The second kappa shape index (κ2) is 28.0. The maximum Gasteiger partial charge on any atom is 0.0810 e. The largest absolute Gasteiger partial charge is 0.385 e. The van der Waals surface area contributed by atoms with Crippen LogP contribution >= 0.6 is 0 Å². The Balaban J connectivity index is -0.000000213. The first-order chi connectivity index (χ1) is 8.35. The maximum atomic E-state index is 5.66. The fourth-order valence-electron chi connectivity index (χ4n) is 1.33. The third kappa shape index (κ3) is 25.1.